The molecule has 1 heterocycles. The van der Waals surface area contributed by atoms with Crippen molar-refractivity contribution < 1.29 is 42.4 Å². The molecular weight excluding hydrogens is 330 g/mol. The van der Waals surface area contributed by atoms with Crippen LogP contribution in [-0.2, 0) is 19.4 Å². The smallest absolute Gasteiger partial charge is 0.394 e. The van der Waals surface area contributed by atoms with Gasteiger partial charge < -0.3 is 25.2 Å². The summed E-state index contributed by atoms with van der Waals surface area (Å²) in [6.07, 6.45) is -5.42. The number of hydrogen-bond donors (Lipinski definition) is 5. The summed E-state index contributed by atoms with van der Waals surface area (Å²) in [5.41, 5.74) is -1.11. The van der Waals surface area contributed by atoms with Gasteiger partial charge in [0.15, 0.2) is 0 Å². The molecule has 10 nitrogen and oxygen atoms in total. The first kappa shape index (κ1) is 18.6. The molecule has 1 fully saturated rings. The van der Waals surface area contributed by atoms with E-state index in [-0.39, 0.29) is 11.5 Å². The van der Waals surface area contributed by atoms with Crippen molar-refractivity contribution in [2.75, 3.05) is 6.61 Å². The van der Waals surface area contributed by atoms with Gasteiger partial charge in [-0.05, 0) is 6.42 Å². The van der Waals surface area contributed by atoms with Gasteiger partial charge in [0.1, 0.15) is 34.9 Å². The van der Waals surface area contributed by atoms with Gasteiger partial charge in [-0.2, -0.15) is 8.42 Å². The van der Waals surface area contributed by atoms with Crippen molar-refractivity contribution >= 4 is 27.2 Å². The summed E-state index contributed by atoms with van der Waals surface area (Å²) in [6, 6.07) is 0. The second-order valence-electron chi connectivity index (χ2n) is 4.16. The SMILES string of the molecule is CC/C(=N/OS(=O)(=O)O)SC1OC(CO)C(O)C(O)C1O. The van der Waals surface area contributed by atoms with Gasteiger partial charge in [0.2, 0.25) is 0 Å². The molecule has 21 heavy (non-hydrogen) atoms. The Morgan fingerprint density at radius 1 is 1.29 bits per heavy atom. The van der Waals surface area contributed by atoms with Gasteiger partial charge in [0.05, 0.1) is 6.61 Å². The first-order valence-electron chi connectivity index (χ1n) is 5.89. The Morgan fingerprint density at radius 3 is 2.38 bits per heavy atom. The molecule has 5 unspecified atom stereocenters. The first-order chi connectivity index (χ1) is 9.69. The number of oxime groups is 1. The zero-order chi connectivity index (χ0) is 16.2. The first-order valence-corrected chi connectivity index (χ1v) is 8.14. The Bertz CT molecular complexity index is 466. The summed E-state index contributed by atoms with van der Waals surface area (Å²) in [6.45, 7) is 1.02. The Morgan fingerprint density at radius 2 is 1.90 bits per heavy atom. The largest absolute Gasteiger partial charge is 0.466 e. The second-order valence-corrected chi connectivity index (χ2v) is 6.33. The molecule has 0 aromatic carbocycles. The fourth-order valence-electron chi connectivity index (χ4n) is 1.56. The number of aliphatic hydroxyl groups is 4. The van der Waals surface area contributed by atoms with Crippen molar-refractivity contribution in [1.29, 1.82) is 0 Å². The summed E-state index contributed by atoms with van der Waals surface area (Å²) >= 11 is 0.734. The Labute approximate surface area is 125 Å². The van der Waals surface area contributed by atoms with Gasteiger partial charge in [0, 0.05) is 0 Å². The van der Waals surface area contributed by atoms with Gasteiger partial charge in [0.25, 0.3) is 0 Å². The molecule has 0 saturated carbocycles. The lowest BCUT2D eigenvalue weighted by Gasteiger charge is -2.39. The minimum Gasteiger partial charge on any atom is -0.394 e. The van der Waals surface area contributed by atoms with Crippen LogP contribution in [0.5, 0.6) is 0 Å². The number of ether oxygens (including phenoxy) is 1. The monoisotopic (exact) mass is 347 g/mol. The molecule has 0 aromatic heterocycles. The average molecular weight is 347 g/mol. The van der Waals surface area contributed by atoms with Crippen LogP contribution in [-0.4, -0.2) is 74.9 Å². The molecule has 0 amide bonds. The van der Waals surface area contributed by atoms with Crippen molar-refractivity contribution in [3.8, 4) is 0 Å². The van der Waals surface area contributed by atoms with Crippen LogP contribution >= 0.6 is 11.8 Å². The molecule has 5 atom stereocenters. The third-order valence-corrected chi connectivity index (χ3v) is 4.16. The van der Waals surface area contributed by atoms with Crippen LogP contribution in [0.15, 0.2) is 5.16 Å². The molecule has 0 aliphatic carbocycles. The molecule has 0 aromatic rings. The fourth-order valence-corrected chi connectivity index (χ4v) is 2.80. The van der Waals surface area contributed by atoms with E-state index in [1.165, 1.54) is 0 Å². The van der Waals surface area contributed by atoms with E-state index in [0.29, 0.717) is 0 Å². The molecule has 1 aliphatic heterocycles. The zero-order valence-electron chi connectivity index (χ0n) is 10.9. The molecule has 0 radical (unpaired) electrons. The molecule has 12 heteroatoms. The van der Waals surface area contributed by atoms with Crippen LogP contribution in [0.4, 0.5) is 0 Å². The highest BCUT2D eigenvalue weighted by Crippen LogP contribution is 2.30. The van der Waals surface area contributed by atoms with Crippen LogP contribution in [0.1, 0.15) is 13.3 Å². The van der Waals surface area contributed by atoms with E-state index >= 15 is 0 Å². The molecule has 0 spiro atoms. The number of rotatable bonds is 5. The Hall–Kier alpha value is -0.470. The third-order valence-electron chi connectivity index (χ3n) is 2.64. The molecule has 1 aliphatic rings. The minimum absolute atomic E-state index is 0.0527. The van der Waals surface area contributed by atoms with Crippen molar-refractivity contribution in [2.45, 2.75) is 43.2 Å². The highest BCUT2D eigenvalue weighted by atomic mass is 32.3. The predicted octanol–water partition coefficient (Wildman–Crippen LogP) is -1.94. The van der Waals surface area contributed by atoms with Crippen LogP contribution in [0.25, 0.3) is 0 Å². The lowest BCUT2D eigenvalue weighted by Crippen LogP contribution is -2.57. The summed E-state index contributed by atoms with van der Waals surface area (Å²) in [5, 5.41) is 41.3. The van der Waals surface area contributed by atoms with Gasteiger partial charge in [-0.25, -0.2) is 4.28 Å². The lowest BCUT2D eigenvalue weighted by molar-refractivity contribution is -0.205. The minimum atomic E-state index is -4.75. The average Bonchev–Trinajstić information content (AvgIpc) is 2.42. The quantitative estimate of drug-likeness (QED) is 0.163. The maximum absolute atomic E-state index is 10.4. The number of aliphatic hydroxyl groups excluding tert-OH is 4. The predicted molar refractivity (Wildman–Crippen MR) is 71.7 cm³/mol. The van der Waals surface area contributed by atoms with Crippen molar-refractivity contribution in [3.05, 3.63) is 0 Å². The number of nitrogens with zero attached hydrogens (tertiary/aromatic N) is 1. The summed E-state index contributed by atoms with van der Waals surface area (Å²) in [4.78, 5) is 0. The lowest BCUT2D eigenvalue weighted by atomic mass is 10.0. The molecular formula is C9H17NO9S2. The van der Waals surface area contributed by atoms with E-state index < -0.39 is 46.9 Å². The molecule has 1 saturated heterocycles. The highest BCUT2D eigenvalue weighted by molar-refractivity contribution is 8.14. The fraction of sp³-hybridized carbons (Fsp3) is 0.889. The van der Waals surface area contributed by atoms with Crippen LogP contribution in [0.2, 0.25) is 0 Å². The third kappa shape index (κ3) is 5.34. The summed E-state index contributed by atoms with van der Waals surface area (Å²) < 4.78 is 38.3. The zero-order valence-corrected chi connectivity index (χ0v) is 12.6. The van der Waals surface area contributed by atoms with E-state index in [1.807, 2.05) is 0 Å². The van der Waals surface area contributed by atoms with Crippen LogP contribution in [0.3, 0.4) is 0 Å². The molecule has 1 rings (SSSR count). The van der Waals surface area contributed by atoms with E-state index in [9.17, 15) is 23.7 Å². The second kappa shape index (κ2) is 7.69. The van der Waals surface area contributed by atoms with Gasteiger partial charge >= 0.3 is 10.4 Å². The van der Waals surface area contributed by atoms with Gasteiger partial charge in [-0.1, -0.05) is 23.8 Å². The van der Waals surface area contributed by atoms with Crippen molar-refractivity contribution in [1.82, 2.24) is 0 Å². The summed E-state index contributed by atoms with van der Waals surface area (Å²) in [7, 11) is -4.75. The molecule has 124 valence electrons. The molecule has 0 bridgehead atoms. The maximum atomic E-state index is 10.4. The van der Waals surface area contributed by atoms with E-state index in [0.717, 1.165) is 11.8 Å². The molecule has 5 N–H and O–H groups in total. The summed E-state index contributed by atoms with van der Waals surface area (Å²) in [5.74, 6) is 0. The number of hydrogen-bond acceptors (Lipinski definition) is 10. The van der Waals surface area contributed by atoms with E-state index in [1.54, 1.807) is 6.92 Å². The maximum Gasteiger partial charge on any atom is 0.466 e. The number of thioether (sulfide) groups is 1. The van der Waals surface area contributed by atoms with Crippen LogP contribution < -0.4 is 0 Å². The normalized spacial score (nSPS) is 34.8. The topological polar surface area (TPSA) is 166 Å². The van der Waals surface area contributed by atoms with E-state index in [2.05, 4.69) is 9.44 Å². The Balaban J connectivity index is 2.79. The highest BCUT2D eigenvalue weighted by Gasteiger charge is 2.44. The Kier molecular flexibility index (Phi) is 6.80. The van der Waals surface area contributed by atoms with Crippen molar-refractivity contribution in [3.63, 3.8) is 0 Å². The van der Waals surface area contributed by atoms with Gasteiger partial charge in [-0.15, -0.1) is 0 Å². The standard InChI is InChI=1S/C9H17NO9S2/c1-2-5(10-19-21(15,16)17)20-9-8(14)7(13)6(12)4(3-11)18-9/h4,6-9,11-14H,2-3H2,1H3,(H,15,16,17)/b10-5-. The van der Waals surface area contributed by atoms with Crippen LogP contribution in [0, 0.1) is 0 Å². The van der Waals surface area contributed by atoms with Crippen molar-refractivity contribution in [2.24, 2.45) is 5.16 Å². The van der Waals surface area contributed by atoms with E-state index in [4.69, 9.17) is 14.4 Å². The van der Waals surface area contributed by atoms with Gasteiger partial charge in [-0.3, -0.25) is 4.55 Å².